The minimum atomic E-state index is -6.72. The average molecular weight is 535 g/mol. The van der Waals surface area contributed by atoms with Crippen molar-refractivity contribution in [2.24, 2.45) is 0 Å². The SMILES string of the molecule is CCCCCCCCCCCC[N+]1(C)CCCC1.O=S(=O)([N-]S(=O)(=O)C(F)(F)F)C(F)(F)F. The molecular formula is C19H36F6N2O4S2. The number of quaternary nitrogens is 1. The third-order valence-electron chi connectivity index (χ3n) is 5.48. The van der Waals surface area contributed by atoms with Gasteiger partial charge in [0.25, 0.3) is 0 Å². The number of likely N-dealkylation sites (tertiary alicyclic amines) is 1. The Bertz CT molecular complexity index is 705. The maximum absolute atomic E-state index is 11.4. The number of halogens is 6. The minimum Gasteiger partial charge on any atom is -0.421 e. The van der Waals surface area contributed by atoms with Crippen molar-refractivity contribution in [1.82, 2.24) is 0 Å². The highest BCUT2D eigenvalue weighted by Gasteiger charge is 2.46. The molecule has 1 heterocycles. The molecule has 0 aliphatic carbocycles. The number of sulfonamides is 2. The van der Waals surface area contributed by atoms with Crippen LogP contribution in [0, 0.1) is 0 Å². The van der Waals surface area contributed by atoms with Crippen molar-refractivity contribution < 1.29 is 47.7 Å². The van der Waals surface area contributed by atoms with E-state index in [-0.39, 0.29) is 0 Å². The largest absolute Gasteiger partial charge is 0.480 e. The van der Waals surface area contributed by atoms with Gasteiger partial charge < -0.3 is 8.61 Å². The van der Waals surface area contributed by atoms with Crippen molar-refractivity contribution in [3.05, 3.63) is 4.13 Å². The van der Waals surface area contributed by atoms with Crippen molar-refractivity contribution in [2.75, 3.05) is 26.7 Å². The van der Waals surface area contributed by atoms with E-state index >= 15 is 0 Å². The van der Waals surface area contributed by atoms with Crippen LogP contribution in [0.15, 0.2) is 0 Å². The summed E-state index contributed by atoms with van der Waals surface area (Å²) in [5.74, 6) is 0. The summed E-state index contributed by atoms with van der Waals surface area (Å²) in [6.07, 6.45) is 17.5. The first-order chi connectivity index (χ1) is 15.0. The Hall–Kier alpha value is -0.600. The number of unbranched alkanes of at least 4 members (excludes halogenated alkanes) is 9. The summed E-state index contributed by atoms with van der Waals surface area (Å²) >= 11 is 0. The lowest BCUT2D eigenvalue weighted by Crippen LogP contribution is -2.41. The molecule has 1 aliphatic heterocycles. The zero-order chi connectivity index (χ0) is 25.8. The van der Waals surface area contributed by atoms with Crippen molar-refractivity contribution in [1.29, 1.82) is 0 Å². The van der Waals surface area contributed by atoms with Gasteiger partial charge in [0.1, 0.15) is 0 Å². The Morgan fingerprint density at radius 1 is 0.667 bits per heavy atom. The molecule has 0 aromatic rings. The van der Waals surface area contributed by atoms with Crippen molar-refractivity contribution in [2.45, 2.75) is 95.0 Å². The molecule has 14 heteroatoms. The van der Waals surface area contributed by atoms with Gasteiger partial charge in [-0.1, -0.05) is 58.3 Å². The van der Waals surface area contributed by atoms with Crippen molar-refractivity contribution in [3.63, 3.8) is 0 Å². The third kappa shape index (κ3) is 13.2. The lowest BCUT2D eigenvalue weighted by Gasteiger charge is -2.29. The van der Waals surface area contributed by atoms with Gasteiger partial charge in [0.2, 0.25) is 0 Å². The first kappa shape index (κ1) is 32.4. The summed E-state index contributed by atoms with van der Waals surface area (Å²) in [6, 6.07) is 0. The number of alkyl halides is 6. The lowest BCUT2D eigenvalue weighted by atomic mass is 10.1. The molecule has 0 amide bonds. The Balaban J connectivity index is 0.000000633. The Labute approximate surface area is 193 Å². The van der Waals surface area contributed by atoms with Crippen LogP contribution in [0.5, 0.6) is 0 Å². The standard InChI is InChI=1S/C17H36N.C2F6NO4S2/c1-3-4-5-6-7-8-9-10-11-12-15-18(2)16-13-14-17-18;3-1(4,5)14(10,11)9-15(12,13)2(6,7)8/h3-17H2,1-2H3;/q+1;-1. The van der Waals surface area contributed by atoms with Crippen LogP contribution in [0.25, 0.3) is 4.13 Å². The van der Waals surface area contributed by atoms with Gasteiger partial charge in [0.05, 0.1) is 26.7 Å². The average Bonchev–Trinajstić information content (AvgIpc) is 3.08. The second-order valence-corrected chi connectivity index (χ2v) is 12.0. The van der Waals surface area contributed by atoms with E-state index in [0.29, 0.717) is 0 Å². The molecule has 33 heavy (non-hydrogen) atoms. The molecule has 0 aromatic heterocycles. The number of hydrogen-bond donors (Lipinski definition) is 0. The molecule has 1 saturated heterocycles. The van der Waals surface area contributed by atoms with Crippen LogP contribution < -0.4 is 0 Å². The normalized spacial score (nSPS) is 17.0. The first-order valence-corrected chi connectivity index (χ1v) is 14.1. The zero-order valence-corrected chi connectivity index (χ0v) is 20.9. The maximum Gasteiger partial charge on any atom is 0.480 e. The van der Waals surface area contributed by atoms with Crippen LogP contribution >= 0.6 is 0 Å². The molecule has 0 N–H and O–H groups in total. The van der Waals surface area contributed by atoms with Gasteiger partial charge in [-0.3, -0.25) is 0 Å². The minimum absolute atomic E-state index is 0.778. The van der Waals surface area contributed by atoms with Gasteiger partial charge in [-0.25, -0.2) is 16.8 Å². The zero-order valence-electron chi connectivity index (χ0n) is 19.2. The molecule has 1 fully saturated rings. The van der Waals surface area contributed by atoms with Gasteiger partial charge in [-0.15, -0.1) is 0 Å². The predicted octanol–water partition coefficient (Wildman–Crippen LogP) is 6.21. The van der Waals surface area contributed by atoms with E-state index < -0.39 is 31.1 Å². The van der Waals surface area contributed by atoms with Gasteiger partial charge in [0.15, 0.2) is 20.0 Å². The van der Waals surface area contributed by atoms with E-state index in [1.165, 1.54) is 101 Å². The van der Waals surface area contributed by atoms with Gasteiger partial charge in [-0.2, -0.15) is 26.3 Å². The van der Waals surface area contributed by atoms with Gasteiger partial charge >= 0.3 is 11.0 Å². The summed E-state index contributed by atoms with van der Waals surface area (Å²) in [5.41, 5.74) is -12.4. The van der Waals surface area contributed by atoms with Crippen LogP contribution in [0.2, 0.25) is 0 Å². The van der Waals surface area contributed by atoms with Crippen LogP contribution in [0.3, 0.4) is 0 Å². The number of nitrogens with zero attached hydrogens (tertiary/aromatic N) is 2. The molecule has 0 atom stereocenters. The fourth-order valence-electron chi connectivity index (χ4n) is 3.52. The summed E-state index contributed by atoms with van der Waals surface area (Å²) < 4.78 is 111. The molecular weight excluding hydrogens is 498 g/mol. The maximum atomic E-state index is 11.4. The molecule has 0 aromatic carbocycles. The van der Waals surface area contributed by atoms with Crippen LogP contribution in [0.1, 0.15) is 84.0 Å². The second kappa shape index (κ2) is 14.1. The highest BCUT2D eigenvalue weighted by atomic mass is 32.3. The van der Waals surface area contributed by atoms with Gasteiger partial charge in [-0.05, 0) is 12.8 Å². The lowest BCUT2D eigenvalue weighted by molar-refractivity contribution is -0.897. The summed E-state index contributed by atoms with van der Waals surface area (Å²) in [4.78, 5) is 0. The predicted molar refractivity (Wildman–Crippen MR) is 115 cm³/mol. The van der Waals surface area contributed by atoms with Gasteiger partial charge in [0, 0.05) is 12.8 Å². The molecule has 0 radical (unpaired) electrons. The fraction of sp³-hybridized carbons (Fsp3) is 1.00. The summed E-state index contributed by atoms with van der Waals surface area (Å²) in [7, 11) is -11.0. The highest BCUT2D eigenvalue weighted by Crippen LogP contribution is 2.36. The van der Waals surface area contributed by atoms with Crippen LogP contribution in [0.4, 0.5) is 26.3 Å². The number of rotatable bonds is 13. The van der Waals surface area contributed by atoms with E-state index in [9.17, 15) is 43.2 Å². The molecule has 0 spiro atoms. The third-order valence-corrected chi connectivity index (χ3v) is 8.22. The Morgan fingerprint density at radius 2 is 1.00 bits per heavy atom. The van der Waals surface area contributed by atoms with Crippen molar-refractivity contribution >= 4 is 20.0 Å². The topological polar surface area (TPSA) is 82.4 Å². The Morgan fingerprint density at radius 3 is 1.33 bits per heavy atom. The Kier molecular flexibility index (Phi) is 13.8. The molecule has 6 nitrogen and oxygen atoms in total. The number of hydrogen-bond acceptors (Lipinski definition) is 4. The van der Waals surface area contributed by atoms with E-state index in [2.05, 4.69) is 14.0 Å². The summed E-state index contributed by atoms with van der Waals surface area (Å²) in [6.45, 7) is 6.62. The summed E-state index contributed by atoms with van der Waals surface area (Å²) in [5, 5.41) is 0. The van der Waals surface area contributed by atoms with E-state index in [1.54, 1.807) is 0 Å². The van der Waals surface area contributed by atoms with E-state index in [1.807, 2.05) is 0 Å². The monoisotopic (exact) mass is 534 g/mol. The van der Waals surface area contributed by atoms with Crippen LogP contribution in [-0.4, -0.2) is 59.0 Å². The second-order valence-electron chi connectivity index (χ2n) is 8.60. The molecule has 0 saturated carbocycles. The smallest absolute Gasteiger partial charge is 0.421 e. The molecule has 0 bridgehead atoms. The van der Waals surface area contributed by atoms with Crippen LogP contribution in [-0.2, 0) is 20.0 Å². The van der Waals surface area contributed by atoms with E-state index in [4.69, 9.17) is 0 Å². The van der Waals surface area contributed by atoms with E-state index in [0.717, 1.165) is 4.13 Å². The highest BCUT2D eigenvalue weighted by molar-refractivity contribution is 8.13. The molecule has 1 aliphatic rings. The quantitative estimate of drug-likeness (QED) is 0.160. The first-order valence-electron chi connectivity index (χ1n) is 11.2. The fourth-order valence-corrected chi connectivity index (χ4v) is 5.23. The van der Waals surface area contributed by atoms with Crippen molar-refractivity contribution in [3.8, 4) is 0 Å². The molecule has 1 rings (SSSR count). The molecule has 200 valence electrons. The molecule has 0 unspecified atom stereocenters.